The van der Waals surface area contributed by atoms with Gasteiger partial charge in [0.05, 0.1) is 5.69 Å². The van der Waals surface area contributed by atoms with E-state index in [9.17, 15) is 18.0 Å². The van der Waals surface area contributed by atoms with Crippen molar-refractivity contribution >= 4 is 17.7 Å². The van der Waals surface area contributed by atoms with Gasteiger partial charge in [-0.25, -0.2) is 14.8 Å². The van der Waals surface area contributed by atoms with Crippen LogP contribution in [0.25, 0.3) is 22.4 Å². The van der Waals surface area contributed by atoms with Gasteiger partial charge in [0.2, 0.25) is 5.96 Å². The molecule has 0 saturated carbocycles. The predicted octanol–water partition coefficient (Wildman–Crippen LogP) is 3.70. The van der Waals surface area contributed by atoms with Gasteiger partial charge in [-0.2, -0.15) is 13.2 Å². The Hall–Kier alpha value is -3.92. The number of nitrogens with two attached hydrogens (primary N) is 2. The number of hydroxylamine groups is 1. The highest BCUT2D eigenvalue weighted by Gasteiger charge is 2.46. The van der Waals surface area contributed by atoms with Crippen molar-refractivity contribution in [3.63, 3.8) is 0 Å². The van der Waals surface area contributed by atoms with Crippen LogP contribution in [0.5, 0.6) is 0 Å². The minimum Gasteiger partial charge on any atom is -0.367 e. The van der Waals surface area contributed by atoms with Gasteiger partial charge in [0.1, 0.15) is 5.66 Å². The summed E-state index contributed by atoms with van der Waals surface area (Å²) in [6.07, 6.45) is -5.25. The molecule has 0 amide bonds. The molecule has 1 aliphatic rings. The topological polar surface area (TPSA) is 107 Å². The summed E-state index contributed by atoms with van der Waals surface area (Å²) in [5, 5.41) is 0.471. The Morgan fingerprint density at radius 2 is 1.59 bits per heavy atom. The van der Waals surface area contributed by atoms with Crippen molar-refractivity contribution in [2.75, 3.05) is 5.06 Å². The summed E-state index contributed by atoms with van der Waals surface area (Å²) in [5.74, 6) is -3.15. The Morgan fingerprint density at radius 1 is 1.03 bits per heavy atom. The summed E-state index contributed by atoms with van der Waals surface area (Å²) in [4.78, 5) is 24.7. The first-order chi connectivity index (χ1) is 15.1. The summed E-state index contributed by atoms with van der Waals surface area (Å²) in [7, 11) is 0. The van der Waals surface area contributed by atoms with Crippen molar-refractivity contribution in [1.82, 2.24) is 4.98 Å². The van der Waals surface area contributed by atoms with E-state index in [1.165, 1.54) is 6.92 Å². The smallest absolute Gasteiger partial charge is 0.367 e. The van der Waals surface area contributed by atoms with Gasteiger partial charge in [0.15, 0.2) is 5.82 Å². The fourth-order valence-electron chi connectivity index (χ4n) is 3.45. The molecule has 4 rings (SSSR count). The van der Waals surface area contributed by atoms with Crippen LogP contribution in [0.1, 0.15) is 12.5 Å². The van der Waals surface area contributed by atoms with Gasteiger partial charge in [-0.1, -0.05) is 60.7 Å². The molecule has 7 nitrogen and oxygen atoms in total. The van der Waals surface area contributed by atoms with E-state index in [0.29, 0.717) is 21.9 Å². The number of benzene rings is 2. The van der Waals surface area contributed by atoms with E-state index in [1.807, 2.05) is 24.3 Å². The molecule has 0 radical (unpaired) electrons. The second kappa shape index (κ2) is 7.65. The summed E-state index contributed by atoms with van der Waals surface area (Å²) < 4.78 is 38.8. The van der Waals surface area contributed by atoms with Gasteiger partial charge in [0.25, 0.3) is 0 Å². The number of alkyl halides is 3. The molecule has 1 atom stereocenters. The van der Waals surface area contributed by atoms with Crippen molar-refractivity contribution in [3.8, 4) is 22.4 Å². The molecule has 3 aromatic rings. The van der Waals surface area contributed by atoms with Crippen molar-refractivity contribution in [3.05, 3.63) is 72.3 Å². The Morgan fingerprint density at radius 3 is 2.16 bits per heavy atom. The number of pyridine rings is 1. The highest BCUT2D eigenvalue weighted by molar-refractivity contribution is 5.99. The number of halogens is 3. The van der Waals surface area contributed by atoms with E-state index >= 15 is 0 Å². The zero-order chi connectivity index (χ0) is 23.1. The average Bonchev–Trinajstić information content (AvgIpc) is 2.75. The number of hydrogen-bond acceptors (Lipinski definition) is 7. The largest absolute Gasteiger partial charge is 0.493 e. The van der Waals surface area contributed by atoms with Crippen LogP contribution in [-0.4, -0.2) is 23.1 Å². The number of carbonyl (C=O) groups excluding carboxylic acids is 1. The molecule has 1 aliphatic heterocycles. The molecule has 2 aromatic carbocycles. The Kier molecular flexibility index (Phi) is 5.09. The standard InChI is InChI=1S/C22H18F3N5O2/c1-21(27)17-15(13-8-4-2-5-9-13)12-16(14-10-6-3-7-11-14)28-18(17)30(20(26)29-21)32-19(31)22(23,24)25/h2-12H,27H2,1H3,(H2,26,29). The molecule has 1 unspecified atom stereocenters. The van der Waals surface area contributed by atoms with Crippen LogP contribution in [-0.2, 0) is 15.3 Å². The second-order valence-electron chi connectivity index (χ2n) is 7.27. The summed E-state index contributed by atoms with van der Waals surface area (Å²) in [5.41, 5.74) is 13.4. The predicted molar refractivity (Wildman–Crippen MR) is 113 cm³/mol. The zero-order valence-electron chi connectivity index (χ0n) is 16.8. The second-order valence-corrected chi connectivity index (χ2v) is 7.27. The van der Waals surface area contributed by atoms with E-state index in [0.717, 1.165) is 5.56 Å². The van der Waals surface area contributed by atoms with E-state index < -0.39 is 23.8 Å². The van der Waals surface area contributed by atoms with Crippen LogP contribution in [0.3, 0.4) is 0 Å². The monoisotopic (exact) mass is 441 g/mol. The van der Waals surface area contributed by atoms with Gasteiger partial charge in [-0.15, -0.1) is 5.06 Å². The zero-order valence-corrected chi connectivity index (χ0v) is 16.8. The van der Waals surface area contributed by atoms with Crippen LogP contribution in [0.4, 0.5) is 19.0 Å². The molecule has 0 fully saturated rings. The fraction of sp³-hybridized carbons (Fsp3) is 0.136. The number of nitrogens with zero attached hydrogens (tertiary/aromatic N) is 3. The molecule has 0 bridgehead atoms. The highest BCUT2D eigenvalue weighted by atomic mass is 19.4. The molecule has 10 heteroatoms. The lowest BCUT2D eigenvalue weighted by molar-refractivity contribution is -0.199. The van der Waals surface area contributed by atoms with E-state index in [2.05, 4.69) is 14.8 Å². The quantitative estimate of drug-likeness (QED) is 0.642. The van der Waals surface area contributed by atoms with E-state index in [-0.39, 0.29) is 11.4 Å². The van der Waals surface area contributed by atoms with Crippen LogP contribution >= 0.6 is 0 Å². The average molecular weight is 441 g/mol. The minimum atomic E-state index is -5.25. The first kappa shape index (κ1) is 21.3. The lowest BCUT2D eigenvalue weighted by atomic mass is 9.90. The maximum Gasteiger partial charge on any atom is 0.493 e. The number of anilines is 1. The number of aromatic nitrogens is 1. The van der Waals surface area contributed by atoms with Crippen LogP contribution in [0.15, 0.2) is 71.7 Å². The fourth-order valence-corrected chi connectivity index (χ4v) is 3.45. The summed E-state index contributed by atoms with van der Waals surface area (Å²) >= 11 is 0. The number of hydrogen-bond donors (Lipinski definition) is 2. The molecular formula is C22H18F3N5O2. The number of aliphatic imine (C=N–C) groups is 1. The third-order valence-corrected chi connectivity index (χ3v) is 4.81. The van der Waals surface area contributed by atoms with Gasteiger partial charge >= 0.3 is 12.1 Å². The lowest BCUT2D eigenvalue weighted by Gasteiger charge is -2.35. The lowest BCUT2D eigenvalue weighted by Crippen LogP contribution is -2.50. The minimum absolute atomic E-state index is 0.152. The Labute approximate surface area is 181 Å². The van der Waals surface area contributed by atoms with E-state index in [4.69, 9.17) is 11.5 Å². The molecule has 0 aliphatic carbocycles. The number of carbonyl (C=O) groups is 1. The van der Waals surface area contributed by atoms with Crippen LogP contribution in [0.2, 0.25) is 0 Å². The molecule has 0 saturated heterocycles. The Balaban J connectivity index is 1.99. The van der Waals surface area contributed by atoms with Crippen LogP contribution < -0.4 is 16.5 Å². The molecule has 2 heterocycles. The maximum atomic E-state index is 12.9. The van der Waals surface area contributed by atoms with Gasteiger partial charge in [-0.3, -0.25) is 0 Å². The SMILES string of the molecule is CC1(N)N=C(N)N(OC(=O)C(F)(F)F)c2nc(-c3ccccc3)cc(-c3ccccc3)c21. The highest BCUT2D eigenvalue weighted by Crippen LogP contribution is 2.42. The molecule has 1 aromatic heterocycles. The molecule has 0 spiro atoms. The number of fused-ring (bicyclic) bond motifs is 1. The van der Waals surface area contributed by atoms with E-state index in [1.54, 1.807) is 42.5 Å². The normalized spacial score (nSPS) is 18.0. The van der Waals surface area contributed by atoms with Crippen LogP contribution in [0, 0.1) is 0 Å². The third kappa shape index (κ3) is 3.87. The van der Waals surface area contributed by atoms with Crippen molar-refractivity contribution in [2.24, 2.45) is 16.5 Å². The Bertz CT molecular complexity index is 1200. The van der Waals surface area contributed by atoms with Gasteiger partial charge < -0.3 is 16.3 Å². The third-order valence-electron chi connectivity index (χ3n) is 4.81. The molecule has 164 valence electrons. The molecule has 4 N–H and O–H groups in total. The first-order valence-corrected chi connectivity index (χ1v) is 9.48. The molecule has 32 heavy (non-hydrogen) atoms. The van der Waals surface area contributed by atoms with Crippen molar-refractivity contribution < 1.29 is 22.8 Å². The number of rotatable bonds is 3. The van der Waals surface area contributed by atoms with Crippen molar-refractivity contribution in [2.45, 2.75) is 18.8 Å². The first-order valence-electron chi connectivity index (χ1n) is 9.48. The van der Waals surface area contributed by atoms with Gasteiger partial charge in [-0.05, 0) is 24.1 Å². The maximum absolute atomic E-state index is 12.9. The van der Waals surface area contributed by atoms with Crippen molar-refractivity contribution in [1.29, 1.82) is 0 Å². The summed E-state index contributed by atoms with van der Waals surface area (Å²) in [6, 6.07) is 19.8. The number of guanidine groups is 1. The summed E-state index contributed by atoms with van der Waals surface area (Å²) in [6.45, 7) is 1.54. The van der Waals surface area contributed by atoms with Gasteiger partial charge in [0, 0.05) is 11.1 Å². The molecular weight excluding hydrogens is 423 g/mol.